The van der Waals surface area contributed by atoms with E-state index >= 15 is 0 Å². The first-order valence-electron chi connectivity index (χ1n) is 8.79. The number of pyridine rings is 1. The summed E-state index contributed by atoms with van der Waals surface area (Å²) in [6.45, 7) is 3.67. The van der Waals surface area contributed by atoms with E-state index in [0.717, 1.165) is 10.9 Å². The number of hydrogen-bond acceptors (Lipinski definition) is 5. The minimum atomic E-state index is -0.668. The van der Waals surface area contributed by atoms with Gasteiger partial charge in [0.15, 0.2) is 23.5 Å². The molecule has 3 aromatic rings. The molecule has 3 heterocycles. The van der Waals surface area contributed by atoms with Gasteiger partial charge < -0.3 is 15.5 Å². The molecule has 27 heavy (non-hydrogen) atoms. The number of aromatic nitrogens is 2. The zero-order chi connectivity index (χ0) is 19.1. The number of nitrogens with one attached hydrogen (secondary N) is 1. The molecule has 138 valence electrons. The minimum absolute atomic E-state index is 0.0473. The van der Waals surface area contributed by atoms with Crippen molar-refractivity contribution in [1.82, 2.24) is 9.97 Å². The Hall–Kier alpha value is -3.35. The number of H-pyrrole nitrogens is 1. The van der Waals surface area contributed by atoms with Gasteiger partial charge in [0.1, 0.15) is 5.82 Å². The summed E-state index contributed by atoms with van der Waals surface area (Å²) in [5.74, 6) is 0.482. The number of Topliss-reactive ketones (excluding diaryl/α,β-unsaturated/α-hetero) is 1. The van der Waals surface area contributed by atoms with E-state index in [9.17, 15) is 9.59 Å². The van der Waals surface area contributed by atoms with E-state index in [4.69, 9.17) is 10.5 Å². The number of hydrogen-bond donors (Lipinski definition) is 2. The van der Waals surface area contributed by atoms with Crippen LogP contribution >= 0.6 is 0 Å². The van der Waals surface area contributed by atoms with Crippen LogP contribution < -0.4 is 15.4 Å². The number of carbonyl (C=O) groups is 2. The Labute approximate surface area is 156 Å². The summed E-state index contributed by atoms with van der Waals surface area (Å²) in [5.41, 5.74) is 7.20. The van der Waals surface area contributed by atoms with Crippen molar-refractivity contribution in [3.05, 3.63) is 48.2 Å². The highest BCUT2D eigenvalue weighted by atomic mass is 16.5. The third-order valence-electron chi connectivity index (χ3n) is 4.68. The number of benzene rings is 1. The van der Waals surface area contributed by atoms with Crippen molar-refractivity contribution in [3.8, 4) is 5.75 Å². The van der Waals surface area contributed by atoms with Crippen LogP contribution in [0.5, 0.6) is 5.75 Å². The van der Waals surface area contributed by atoms with Crippen LogP contribution in [0.1, 0.15) is 24.2 Å². The van der Waals surface area contributed by atoms with Gasteiger partial charge in [-0.3, -0.25) is 14.5 Å². The molecule has 4 rings (SSSR count). The Morgan fingerprint density at radius 2 is 2.07 bits per heavy atom. The lowest BCUT2D eigenvalue weighted by molar-refractivity contribution is -0.128. The van der Waals surface area contributed by atoms with E-state index in [1.807, 2.05) is 38.1 Å². The molecule has 0 bridgehead atoms. The van der Waals surface area contributed by atoms with E-state index in [1.54, 1.807) is 18.3 Å². The van der Waals surface area contributed by atoms with Gasteiger partial charge in [-0.2, -0.15) is 0 Å². The van der Waals surface area contributed by atoms with Crippen LogP contribution in [0.2, 0.25) is 0 Å². The molecule has 0 radical (unpaired) electrons. The zero-order valence-electron chi connectivity index (χ0n) is 15.1. The number of fused-ring (bicyclic) bond motifs is 2. The highest BCUT2D eigenvalue weighted by Gasteiger charge is 2.38. The monoisotopic (exact) mass is 364 g/mol. The second-order valence-electron chi connectivity index (χ2n) is 6.94. The maximum absolute atomic E-state index is 13.0. The van der Waals surface area contributed by atoms with Crippen LogP contribution in [0.4, 0.5) is 11.6 Å². The molecular formula is C20H20N4O3. The van der Waals surface area contributed by atoms with Crippen LogP contribution in [0, 0.1) is 5.92 Å². The van der Waals surface area contributed by atoms with Gasteiger partial charge in [-0.25, -0.2) is 4.98 Å². The van der Waals surface area contributed by atoms with E-state index < -0.39 is 6.10 Å². The number of aromatic amines is 1. The maximum atomic E-state index is 13.0. The summed E-state index contributed by atoms with van der Waals surface area (Å²) >= 11 is 0. The van der Waals surface area contributed by atoms with Crippen LogP contribution in [0.3, 0.4) is 0 Å². The normalized spacial score (nSPS) is 16.5. The standard InChI is InChI=1S/C20H20N4O3/c1-11(2)18-20(26)24(19-16(27-18)7-8-17(21)23-19)10-15(25)13-9-22-14-6-4-3-5-12(13)14/h3-9,11,18,22H,10H2,1-2H3,(H2,21,23). The van der Waals surface area contributed by atoms with Gasteiger partial charge >= 0.3 is 0 Å². The molecule has 2 aromatic heterocycles. The quantitative estimate of drug-likeness (QED) is 0.693. The zero-order valence-corrected chi connectivity index (χ0v) is 15.1. The van der Waals surface area contributed by atoms with Gasteiger partial charge in [0.2, 0.25) is 0 Å². The van der Waals surface area contributed by atoms with Crippen molar-refractivity contribution in [2.45, 2.75) is 20.0 Å². The summed E-state index contributed by atoms with van der Waals surface area (Å²) in [4.78, 5) is 34.7. The third-order valence-corrected chi connectivity index (χ3v) is 4.68. The first kappa shape index (κ1) is 17.1. The van der Waals surface area contributed by atoms with Gasteiger partial charge in [0, 0.05) is 22.7 Å². The summed E-state index contributed by atoms with van der Waals surface area (Å²) in [6.07, 6.45) is 1.00. The first-order chi connectivity index (χ1) is 13.0. The van der Waals surface area contributed by atoms with E-state index in [-0.39, 0.29) is 35.8 Å². The average molecular weight is 364 g/mol. The van der Waals surface area contributed by atoms with E-state index in [1.165, 1.54) is 4.90 Å². The summed E-state index contributed by atoms with van der Waals surface area (Å²) in [7, 11) is 0. The first-order valence-corrected chi connectivity index (χ1v) is 8.79. The molecule has 0 saturated carbocycles. The summed E-state index contributed by atoms with van der Waals surface area (Å²) < 4.78 is 5.81. The molecule has 7 nitrogen and oxygen atoms in total. The molecule has 1 unspecified atom stereocenters. The highest BCUT2D eigenvalue weighted by molar-refractivity contribution is 6.13. The van der Waals surface area contributed by atoms with Crippen LogP contribution in [-0.2, 0) is 4.79 Å². The van der Waals surface area contributed by atoms with E-state index in [2.05, 4.69) is 9.97 Å². The largest absolute Gasteiger partial charge is 0.476 e. The van der Waals surface area contributed by atoms with Crippen LogP contribution in [0.25, 0.3) is 10.9 Å². The molecule has 0 spiro atoms. The van der Waals surface area contributed by atoms with E-state index in [0.29, 0.717) is 11.3 Å². The number of amides is 1. The fourth-order valence-electron chi connectivity index (χ4n) is 3.29. The predicted molar refractivity (Wildman–Crippen MR) is 103 cm³/mol. The Bertz CT molecular complexity index is 1040. The smallest absolute Gasteiger partial charge is 0.270 e. The topological polar surface area (TPSA) is 101 Å². The molecule has 7 heteroatoms. The van der Waals surface area contributed by atoms with Crippen LogP contribution in [-0.4, -0.2) is 34.3 Å². The Morgan fingerprint density at radius 1 is 1.30 bits per heavy atom. The molecule has 1 amide bonds. The fourth-order valence-corrected chi connectivity index (χ4v) is 3.29. The van der Waals surface area contributed by atoms with Gasteiger partial charge in [0.05, 0.1) is 6.54 Å². The minimum Gasteiger partial charge on any atom is -0.476 e. The molecule has 1 aliphatic rings. The van der Waals surface area contributed by atoms with Crippen molar-refractivity contribution < 1.29 is 14.3 Å². The Balaban J connectivity index is 1.72. The second-order valence-corrected chi connectivity index (χ2v) is 6.94. The van der Waals surface area contributed by atoms with Gasteiger partial charge in [-0.15, -0.1) is 0 Å². The van der Waals surface area contributed by atoms with Gasteiger partial charge in [-0.1, -0.05) is 32.0 Å². The number of rotatable bonds is 4. The maximum Gasteiger partial charge on any atom is 0.270 e. The number of nitrogens with two attached hydrogens (primary N) is 1. The number of ketones is 1. The summed E-state index contributed by atoms with van der Waals surface area (Å²) in [6, 6.07) is 10.8. The number of anilines is 2. The lowest BCUT2D eigenvalue weighted by Gasteiger charge is -2.34. The molecule has 1 aromatic carbocycles. The fraction of sp³-hybridized carbons (Fsp3) is 0.250. The van der Waals surface area contributed by atoms with Gasteiger partial charge in [0.25, 0.3) is 5.91 Å². The van der Waals surface area contributed by atoms with Crippen molar-refractivity contribution in [3.63, 3.8) is 0 Å². The molecule has 1 aliphatic heterocycles. The third kappa shape index (κ3) is 2.91. The molecule has 0 saturated heterocycles. The van der Waals surface area contributed by atoms with Gasteiger partial charge in [-0.05, 0) is 24.1 Å². The van der Waals surface area contributed by atoms with Crippen molar-refractivity contribution in [2.75, 3.05) is 17.2 Å². The van der Waals surface area contributed by atoms with Crippen molar-refractivity contribution in [1.29, 1.82) is 0 Å². The SMILES string of the molecule is CC(C)C1Oc2ccc(N)nc2N(CC(=O)c2c[nH]c3ccccc23)C1=O. The Morgan fingerprint density at radius 3 is 2.85 bits per heavy atom. The number of para-hydroxylation sites is 1. The summed E-state index contributed by atoms with van der Waals surface area (Å²) in [5, 5.41) is 0.823. The number of carbonyl (C=O) groups excluding carboxylic acids is 2. The highest BCUT2D eigenvalue weighted by Crippen LogP contribution is 2.35. The molecule has 1 atom stereocenters. The molecular weight excluding hydrogens is 344 g/mol. The number of ether oxygens (including phenoxy) is 1. The molecule has 0 fully saturated rings. The molecule has 0 aliphatic carbocycles. The lowest BCUT2D eigenvalue weighted by atomic mass is 10.0. The Kier molecular flexibility index (Phi) is 4.07. The predicted octanol–water partition coefficient (Wildman–Crippen LogP) is 2.78. The molecule has 3 N–H and O–H groups in total. The second kappa shape index (κ2) is 6.42. The van der Waals surface area contributed by atoms with Crippen molar-refractivity contribution >= 4 is 34.2 Å². The number of nitrogen functional groups attached to an aromatic ring is 1. The lowest BCUT2D eigenvalue weighted by Crippen LogP contribution is -2.50. The average Bonchev–Trinajstić information content (AvgIpc) is 3.08. The van der Waals surface area contributed by atoms with Crippen LogP contribution in [0.15, 0.2) is 42.6 Å². The van der Waals surface area contributed by atoms with Crippen molar-refractivity contribution in [2.24, 2.45) is 5.92 Å². The number of nitrogens with zero attached hydrogens (tertiary/aromatic N) is 2.